The zero-order valence-corrected chi connectivity index (χ0v) is 7.90. The summed E-state index contributed by atoms with van der Waals surface area (Å²) in [5.74, 6) is -21.8. The van der Waals surface area contributed by atoms with Crippen molar-refractivity contribution in [3.05, 3.63) is 40.6 Å². The Hall–Kier alpha value is -1.41. The van der Waals surface area contributed by atoms with Gasteiger partial charge in [-0.15, -0.1) is 0 Å². The highest BCUT2D eigenvalue weighted by molar-refractivity contribution is 5.52. The van der Waals surface area contributed by atoms with E-state index < -0.39 is 52.4 Å². The molecule has 0 bridgehead atoms. The van der Waals surface area contributed by atoms with Crippen molar-refractivity contribution >= 4 is 0 Å². The Bertz CT molecular complexity index is 534. The van der Waals surface area contributed by atoms with Gasteiger partial charge in [0.1, 0.15) is 0 Å². The van der Waals surface area contributed by atoms with Crippen LogP contribution in [0.2, 0.25) is 0 Å². The Kier molecular flexibility index (Phi) is 2.41. The minimum Gasteiger partial charge on any atom is -0.227 e. The quantitative estimate of drug-likeness (QED) is 0.384. The summed E-state index contributed by atoms with van der Waals surface area (Å²) >= 11 is 0. The summed E-state index contributed by atoms with van der Waals surface area (Å²) in [6.45, 7) is 0. The fraction of sp³-hybridized carbons (Fsp3) is 0.222. The van der Waals surface area contributed by atoms with Crippen molar-refractivity contribution in [2.45, 2.75) is 11.8 Å². The fourth-order valence-electron chi connectivity index (χ4n) is 1.58. The van der Waals surface area contributed by atoms with E-state index >= 15 is 0 Å². The summed E-state index contributed by atoms with van der Waals surface area (Å²) in [7, 11) is 0. The van der Waals surface area contributed by atoms with Gasteiger partial charge in [0.25, 0.3) is 6.17 Å². The van der Waals surface area contributed by atoms with Crippen LogP contribution in [0.25, 0.3) is 0 Å². The molecule has 0 aliphatic heterocycles. The average molecular weight is 279 g/mol. The average Bonchev–Trinajstić information content (AvgIpc) is 2.41. The molecule has 1 aromatic rings. The van der Waals surface area contributed by atoms with Crippen LogP contribution in [0.3, 0.4) is 0 Å². The van der Waals surface area contributed by atoms with E-state index in [1.165, 1.54) is 0 Å². The Balaban J connectivity index is 2.93. The molecule has 9 heteroatoms. The maximum Gasteiger partial charge on any atom is 0.355 e. The van der Waals surface area contributed by atoms with Gasteiger partial charge in [0, 0.05) is 0 Å². The zero-order valence-electron chi connectivity index (χ0n) is 7.90. The van der Waals surface area contributed by atoms with E-state index in [4.69, 9.17) is 0 Å². The van der Waals surface area contributed by atoms with Crippen LogP contribution >= 0.6 is 0 Å². The van der Waals surface area contributed by atoms with E-state index in [2.05, 4.69) is 0 Å². The first kappa shape index (κ1) is 13.0. The van der Waals surface area contributed by atoms with Crippen LogP contribution in [-0.4, -0.2) is 5.92 Å². The van der Waals surface area contributed by atoms with Gasteiger partial charge in [0.15, 0.2) is 23.3 Å². The van der Waals surface area contributed by atoms with E-state index in [9.17, 15) is 39.5 Å². The molecule has 18 heavy (non-hydrogen) atoms. The Morgan fingerprint density at radius 3 is 1.50 bits per heavy atom. The van der Waals surface area contributed by atoms with Gasteiger partial charge in [-0.2, -0.15) is 17.6 Å². The molecule has 1 aliphatic rings. The third-order valence-electron chi connectivity index (χ3n) is 2.47. The number of hydrogen-bond acceptors (Lipinski definition) is 0. The minimum absolute atomic E-state index is 2.28. The molecular formula is C9F9. The molecule has 1 aliphatic carbocycles. The lowest BCUT2D eigenvalue weighted by Crippen LogP contribution is -2.36. The maximum absolute atomic E-state index is 13.0. The lowest BCUT2D eigenvalue weighted by molar-refractivity contribution is -0.204. The lowest BCUT2D eigenvalue weighted by Gasteiger charge is -2.19. The second-order valence-electron chi connectivity index (χ2n) is 3.47. The van der Waals surface area contributed by atoms with Crippen LogP contribution in [0, 0.1) is 29.4 Å². The molecule has 0 aromatic heterocycles. The van der Waals surface area contributed by atoms with Crippen LogP contribution in [0.4, 0.5) is 39.5 Å². The topological polar surface area (TPSA) is 0 Å². The first-order chi connectivity index (χ1) is 8.05. The van der Waals surface area contributed by atoms with Crippen molar-refractivity contribution < 1.29 is 39.5 Å². The number of hydrogen-bond donors (Lipinski definition) is 0. The molecule has 0 atom stereocenters. The molecule has 1 radical (unpaired) electrons. The van der Waals surface area contributed by atoms with Crippen LogP contribution in [0.15, 0.2) is 0 Å². The van der Waals surface area contributed by atoms with Crippen molar-refractivity contribution in [1.29, 1.82) is 0 Å². The van der Waals surface area contributed by atoms with Gasteiger partial charge >= 0.3 is 11.8 Å². The van der Waals surface area contributed by atoms with E-state index in [0.717, 1.165) is 0 Å². The Labute approximate surface area is 93.0 Å². The predicted octanol–water partition coefficient (Wildman–Crippen LogP) is 3.83. The second kappa shape index (κ2) is 3.33. The van der Waals surface area contributed by atoms with E-state index in [0.29, 0.717) is 0 Å². The number of alkyl halides is 4. The minimum atomic E-state index is -5.57. The third-order valence-corrected chi connectivity index (χ3v) is 2.47. The molecule has 0 saturated carbocycles. The molecule has 0 heterocycles. The van der Waals surface area contributed by atoms with Gasteiger partial charge < -0.3 is 0 Å². The number of rotatable bonds is 0. The fourth-order valence-corrected chi connectivity index (χ4v) is 1.58. The van der Waals surface area contributed by atoms with Crippen molar-refractivity contribution in [2.24, 2.45) is 0 Å². The Morgan fingerprint density at radius 2 is 1.00 bits per heavy atom. The largest absolute Gasteiger partial charge is 0.355 e. The van der Waals surface area contributed by atoms with Gasteiger partial charge in [0.2, 0.25) is 0 Å². The summed E-state index contributed by atoms with van der Waals surface area (Å²) in [6.07, 6.45) is -3.04. The Morgan fingerprint density at radius 1 is 0.556 bits per heavy atom. The zero-order chi connectivity index (χ0) is 14.0. The molecule has 0 unspecified atom stereocenters. The molecule has 0 N–H and O–H groups in total. The molecule has 2 rings (SSSR count). The van der Waals surface area contributed by atoms with Gasteiger partial charge in [-0.1, -0.05) is 0 Å². The summed E-state index contributed by atoms with van der Waals surface area (Å²) in [5.41, 5.74) is -4.80. The molecule has 99 valence electrons. The number of halogens is 9. The number of fused-ring (bicyclic) bond motifs is 1. The summed E-state index contributed by atoms with van der Waals surface area (Å²) < 4.78 is 116. The van der Waals surface area contributed by atoms with E-state index in [-0.39, 0.29) is 0 Å². The van der Waals surface area contributed by atoms with E-state index in [1.54, 1.807) is 0 Å². The first-order valence-corrected chi connectivity index (χ1v) is 4.20. The number of benzene rings is 1. The van der Waals surface area contributed by atoms with Crippen LogP contribution in [0.1, 0.15) is 11.1 Å². The van der Waals surface area contributed by atoms with Crippen molar-refractivity contribution in [1.82, 2.24) is 0 Å². The van der Waals surface area contributed by atoms with Crippen LogP contribution < -0.4 is 0 Å². The third kappa shape index (κ3) is 1.19. The van der Waals surface area contributed by atoms with Crippen molar-refractivity contribution in [3.63, 3.8) is 0 Å². The summed E-state index contributed by atoms with van der Waals surface area (Å²) in [4.78, 5) is 0. The summed E-state index contributed by atoms with van der Waals surface area (Å²) in [6, 6.07) is 0. The van der Waals surface area contributed by atoms with Gasteiger partial charge in [-0.25, -0.2) is 22.0 Å². The second-order valence-corrected chi connectivity index (χ2v) is 3.47. The predicted molar refractivity (Wildman–Crippen MR) is 38.6 cm³/mol. The molecule has 0 spiro atoms. The van der Waals surface area contributed by atoms with Gasteiger partial charge in [0.05, 0.1) is 11.1 Å². The SMILES string of the molecule is F[C]1c2c(F)c(F)c(F)c(F)c2C(F)(F)C1(F)F. The molecule has 0 saturated heterocycles. The van der Waals surface area contributed by atoms with Gasteiger partial charge in [-0.3, -0.25) is 0 Å². The monoisotopic (exact) mass is 279 g/mol. The molecular weight excluding hydrogens is 279 g/mol. The molecule has 0 fully saturated rings. The highest BCUT2D eigenvalue weighted by Crippen LogP contribution is 2.60. The highest BCUT2D eigenvalue weighted by atomic mass is 19.3. The van der Waals surface area contributed by atoms with Gasteiger partial charge in [-0.05, 0) is 0 Å². The smallest absolute Gasteiger partial charge is 0.227 e. The van der Waals surface area contributed by atoms with Crippen LogP contribution in [-0.2, 0) is 5.92 Å². The molecule has 1 aromatic carbocycles. The molecule has 0 amide bonds. The molecule has 0 nitrogen and oxygen atoms in total. The first-order valence-electron chi connectivity index (χ1n) is 4.20. The standard InChI is InChI=1S/C9F9/c10-3-1-2(4(11)6(13)5(3)12)8(15,16)9(17,18)7(1)14. The highest BCUT2D eigenvalue weighted by Gasteiger charge is 2.73. The van der Waals surface area contributed by atoms with Crippen molar-refractivity contribution in [3.8, 4) is 0 Å². The van der Waals surface area contributed by atoms with Crippen molar-refractivity contribution in [2.75, 3.05) is 0 Å². The van der Waals surface area contributed by atoms with E-state index in [1.807, 2.05) is 0 Å². The summed E-state index contributed by atoms with van der Waals surface area (Å²) in [5, 5.41) is 0. The normalized spacial score (nSPS) is 21.2. The van der Waals surface area contributed by atoms with Crippen LogP contribution in [0.5, 0.6) is 0 Å². The maximum atomic E-state index is 13.0. The lowest BCUT2D eigenvalue weighted by atomic mass is 10.1.